The average Bonchev–Trinajstić information content (AvgIpc) is 4.10. The molecule has 13 aromatic rings. The van der Waals surface area contributed by atoms with Gasteiger partial charge in [0.2, 0.25) is 0 Å². The van der Waals surface area contributed by atoms with Crippen LogP contribution in [0.25, 0.3) is 88.4 Å². The van der Waals surface area contributed by atoms with E-state index in [4.69, 9.17) is 8.83 Å². The van der Waals surface area contributed by atoms with E-state index in [-0.39, 0.29) is 0 Å². The first kappa shape index (κ1) is 39.9. The van der Waals surface area contributed by atoms with E-state index in [2.05, 4.69) is 241 Å². The maximum atomic E-state index is 6.41. The van der Waals surface area contributed by atoms with E-state index in [0.717, 1.165) is 94.3 Å². The molecule has 0 amide bonds. The molecule has 11 aromatic carbocycles. The molecule has 0 bridgehead atoms. The van der Waals surface area contributed by atoms with E-state index in [9.17, 15) is 0 Å². The average molecular weight is 894 g/mol. The lowest BCUT2D eigenvalue weighted by molar-refractivity contribution is 0.669. The lowest BCUT2D eigenvalue weighted by Crippen LogP contribution is -2.28. The summed E-state index contributed by atoms with van der Waals surface area (Å²) >= 11 is 0. The van der Waals surface area contributed by atoms with Gasteiger partial charge in [-0.15, -0.1) is 0 Å². The van der Waals surface area contributed by atoms with Crippen molar-refractivity contribution in [1.29, 1.82) is 0 Å². The summed E-state index contributed by atoms with van der Waals surface area (Å²) < 4.78 is 12.6. The second kappa shape index (κ2) is 16.0. The monoisotopic (exact) mass is 893 g/mol. The van der Waals surface area contributed by atoms with Crippen molar-refractivity contribution in [3.63, 3.8) is 0 Å². The zero-order valence-corrected chi connectivity index (χ0v) is 38.1. The van der Waals surface area contributed by atoms with Gasteiger partial charge in [-0.25, -0.2) is 0 Å². The highest BCUT2D eigenvalue weighted by Crippen LogP contribution is 2.57. The van der Waals surface area contributed by atoms with Crippen LogP contribution in [0.1, 0.15) is 22.3 Å². The van der Waals surface area contributed by atoms with Crippen molar-refractivity contribution in [2.75, 3.05) is 4.90 Å². The third-order valence-electron chi connectivity index (χ3n) is 14.6. The summed E-state index contributed by atoms with van der Waals surface area (Å²) in [7, 11) is 0. The number of para-hydroxylation sites is 3. The lowest BCUT2D eigenvalue weighted by Gasteiger charge is -2.34. The Morgan fingerprint density at radius 2 is 0.786 bits per heavy atom. The fourth-order valence-electron chi connectivity index (χ4n) is 11.4. The molecule has 2 aromatic heterocycles. The Morgan fingerprint density at radius 3 is 1.54 bits per heavy atom. The maximum Gasteiger partial charge on any atom is 0.143 e. The number of rotatable bonds is 8. The van der Waals surface area contributed by atoms with Crippen molar-refractivity contribution < 1.29 is 8.83 Å². The van der Waals surface area contributed by atoms with Crippen LogP contribution in [0.3, 0.4) is 0 Å². The molecule has 1 aliphatic rings. The predicted molar refractivity (Wildman–Crippen MR) is 289 cm³/mol. The lowest BCUT2D eigenvalue weighted by atomic mass is 9.68. The molecule has 3 nitrogen and oxygen atoms in total. The molecule has 14 rings (SSSR count). The van der Waals surface area contributed by atoms with Gasteiger partial charge in [-0.1, -0.05) is 200 Å². The van der Waals surface area contributed by atoms with Crippen LogP contribution in [0.4, 0.5) is 17.1 Å². The number of hydrogen-bond donors (Lipinski definition) is 0. The fourth-order valence-corrected chi connectivity index (χ4v) is 11.4. The van der Waals surface area contributed by atoms with E-state index >= 15 is 0 Å². The second-order valence-electron chi connectivity index (χ2n) is 18.4. The van der Waals surface area contributed by atoms with E-state index < -0.39 is 5.41 Å². The van der Waals surface area contributed by atoms with Crippen LogP contribution in [-0.2, 0) is 5.41 Å². The molecular weight excluding hydrogens is 851 g/mol. The summed E-state index contributed by atoms with van der Waals surface area (Å²) in [5.74, 6) is 0. The summed E-state index contributed by atoms with van der Waals surface area (Å²) in [6, 6.07) is 94.4. The van der Waals surface area contributed by atoms with Crippen molar-refractivity contribution in [2.24, 2.45) is 0 Å². The zero-order valence-electron chi connectivity index (χ0n) is 38.1. The molecule has 3 heteroatoms. The van der Waals surface area contributed by atoms with Gasteiger partial charge in [-0.2, -0.15) is 0 Å². The van der Waals surface area contributed by atoms with Crippen LogP contribution in [0, 0.1) is 0 Å². The van der Waals surface area contributed by atoms with Crippen molar-refractivity contribution in [2.45, 2.75) is 5.41 Å². The molecule has 0 spiro atoms. The first-order valence-electron chi connectivity index (χ1n) is 24.0. The molecule has 0 aliphatic heterocycles. The number of hydrogen-bond acceptors (Lipinski definition) is 3. The van der Waals surface area contributed by atoms with Gasteiger partial charge in [-0.05, 0) is 122 Å². The minimum Gasteiger partial charge on any atom is -0.456 e. The molecule has 0 N–H and O–H groups in total. The Balaban J connectivity index is 0.895. The highest BCUT2D eigenvalue weighted by Gasteiger charge is 2.46. The fraction of sp³-hybridized carbons (Fsp3) is 0.0149. The molecule has 2 heterocycles. The smallest absolute Gasteiger partial charge is 0.143 e. The Bertz CT molecular complexity index is 4070. The predicted octanol–water partition coefficient (Wildman–Crippen LogP) is 18.3. The van der Waals surface area contributed by atoms with Gasteiger partial charge in [0.25, 0.3) is 0 Å². The molecule has 0 saturated carbocycles. The first-order valence-corrected chi connectivity index (χ1v) is 24.0. The van der Waals surface area contributed by atoms with Crippen molar-refractivity contribution in [3.8, 4) is 44.5 Å². The van der Waals surface area contributed by atoms with Gasteiger partial charge in [-0.3, -0.25) is 0 Å². The minimum absolute atomic E-state index is 0.483. The maximum absolute atomic E-state index is 6.41. The van der Waals surface area contributed by atoms with Crippen LogP contribution in [-0.4, -0.2) is 0 Å². The van der Waals surface area contributed by atoms with Gasteiger partial charge >= 0.3 is 0 Å². The van der Waals surface area contributed by atoms with E-state index in [1.165, 1.54) is 33.4 Å². The number of benzene rings is 11. The minimum atomic E-state index is -0.483. The molecule has 70 heavy (non-hydrogen) atoms. The molecule has 0 fully saturated rings. The summed E-state index contributed by atoms with van der Waals surface area (Å²) in [5.41, 5.74) is 20.7. The van der Waals surface area contributed by atoms with Gasteiger partial charge in [0, 0.05) is 44.2 Å². The van der Waals surface area contributed by atoms with Gasteiger partial charge in [0.1, 0.15) is 22.3 Å². The van der Waals surface area contributed by atoms with Gasteiger partial charge in [0.05, 0.1) is 5.41 Å². The molecule has 0 radical (unpaired) electrons. The van der Waals surface area contributed by atoms with Gasteiger partial charge in [0.15, 0.2) is 0 Å². The zero-order chi connectivity index (χ0) is 46.2. The third kappa shape index (κ3) is 6.22. The molecule has 328 valence electrons. The quantitative estimate of drug-likeness (QED) is 0.152. The van der Waals surface area contributed by atoms with Crippen LogP contribution in [0.5, 0.6) is 0 Å². The highest BCUT2D eigenvalue weighted by molar-refractivity contribution is 6.10. The summed E-state index contributed by atoms with van der Waals surface area (Å²) in [5, 5.41) is 4.51. The topological polar surface area (TPSA) is 29.5 Å². The Morgan fingerprint density at radius 1 is 0.271 bits per heavy atom. The normalized spacial score (nSPS) is 12.7. The third-order valence-corrected chi connectivity index (χ3v) is 14.6. The Kier molecular flexibility index (Phi) is 9.11. The standard InChI is InChI=1S/C67H43NO2/c1-3-16-49(17-4-1)67(50-18-5-2-6-19-50)61-26-10-7-21-55(61)59-43-53(38-39-62(59)67)68(52-20-13-15-47(41-52)48-35-40-65-60(42-48)57-23-9-11-27-63(57)69-65)51-36-33-45(34-37-51)44-29-31-46(32-30-44)54-24-14-25-58-56-22-8-12-28-64(56)70-66(54)58/h1-43H. The molecular formula is C67H43NO2. The van der Waals surface area contributed by atoms with E-state index in [0.29, 0.717) is 0 Å². The molecule has 0 unspecified atom stereocenters. The first-order chi connectivity index (χ1) is 34.7. The number of furan rings is 2. The van der Waals surface area contributed by atoms with Crippen LogP contribution < -0.4 is 4.90 Å². The molecule has 0 saturated heterocycles. The van der Waals surface area contributed by atoms with E-state index in [1.807, 2.05) is 24.3 Å². The van der Waals surface area contributed by atoms with Crippen molar-refractivity contribution >= 4 is 60.9 Å². The van der Waals surface area contributed by atoms with Gasteiger partial charge < -0.3 is 13.7 Å². The SMILES string of the molecule is c1ccc(C2(c3ccccc3)c3ccccc3-c3cc(N(c4ccc(-c5ccc(-c6cccc7c6oc6ccccc67)cc5)cc4)c4cccc(-c5ccc6oc7ccccc7c6c5)c4)ccc32)cc1. The molecule has 1 aliphatic carbocycles. The Labute approximate surface area is 405 Å². The number of nitrogens with zero attached hydrogens (tertiary/aromatic N) is 1. The number of fused-ring (bicyclic) bond motifs is 9. The largest absolute Gasteiger partial charge is 0.456 e. The summed E-state index contributed by atoms with van der Waals surface area (Å²) in [6.45, 7) is 0. The highest BCUT2D eigenvalue weighted by atomic mass is 16.3. The summed E-state index contributed by atoms with van der Waals surface area (Å²) in [4.78, 5) is 2.41. The van der Waals surface area contributed by atoms with Crippen molar-refractivity contribution in [1.82, 2.24) is 0 Å². The van der Waals surface area contributed by atoms with Crippen molar-refractivity contribution in [3.05, 3.63) is 283 Å². The van der Waals surface area contributed by atoms with Crippen LogP contribution in [0.15, 0.2) is 270 Å². The number of anilines is 3. The second-order valence-corrected chi connectivity index (χ2v) is 18.4. The van der Waals surface area contributed by atoms with Crippen LogP contribution in [0.2, 0.25) is 0 Å². The van der Waals surface area contributed by atoms with Crippen LogP contribution >= 0.6 is 0 Å². The van der Waals surface area contributed by atoms with E-state index in [1.54, 1.807) is 0 Å². The summed E-state index contributed by atoms with van der Waals surface area (Å²) in [6.07, 6.45) is 0. The molecule has 0 atom stereocenters. The Hall–Kier alpha value is -9.18.